The second-order valence-corrected chi connectivity index (χ2v) is 10.5. The van der Waals surface area contributed by atoms with Crippen LogP contribution in [0, 0.1) is 35.0 Å². The third-order valence-corrected chi connectivity index (χ3v) is 9.07. The number of hydrazone groups is 1. The molecule has 2 aromatic heterocycles. The first-order chi connectivity index (χ1) is 13.6. The molecule has 4 fully saturated rings. The highest BCUT2D eigenvalue weighted by Gasteiger charge is 2.71. The number of aromatic nitrogens is 2. The Labute approximate surface area is 165 Å². The average molecular weight is 374 g/mol. The molecule has 7 rings (SSSR count). The second-order valence-electron chi connectivity index (χ2n) is 10.5. The minimum atomic E-state index is -0.713. The topological polar surface area (TPSA) is 64.5 Å². The van der Waals surface area contributed by atoms with E-state index >= 15 is 0 Å². The summed E-state index contributed by atoms with van der Waals surface area (Å²) in [7, 11) is -0.713. The summed E-state index contributed by atoms with van der Waals surface area (Å²) < 4.78 is 0. The molecule has 28 heavy (non-hydrogen) atoms. The molecule has 3 heterocycles. The molecule has 6 heteroatoms. The summed E-state index contributed by atoms with van der Waals surface area (Å²) in [6, 6.07) is 2.27. The fraction of sp³-hybridized carbons (Fsp3) is 0.636. The lowest BCUT2D eigenvalue weighted by atomic mass is 9.53. The molecule has 4 aliphatic carbocycles. The molecule has 3 bridgehead atoms. The summed E-state index contributed by atoms with van der Waals surface area (Å²) in [6.45, 7) is 4.23. The lowest BCUT2D eigenvalue weighted by molar-refractivity contribution is -0.00781. The normalized spacial score (nSPS) is 40.1. The third-order valence-electron chi connectivity index (χ3n) is 9.07. The minimum absolute atomic E-state index is 0.157. The van der Waals surface area contributed by atoms with E-state index in [1.54, 1.807) is 0 Å². The molecule has 1 spiro atoms. The van der Waals surface area contributed by atoms with Crippen molar-refractivity contribution in [1.82, 2.24) is 14.9 Å². The number of rotatable bonds is 2. The first kappa shape index (κ1) is 16.0. The van der Waals surface area contributed by atoms with Crippen LogP contribution in [0.15, 0.2) is 23.6 Å². The van der Waals surface area contributed by atoms with Crippen molar-refractivity contribution >= 4 is 29.3 Å². The lowest BCUT2D eigenvalue weighted by Crippen LogP contribution is -2.56. The van der Waals surface area contributed by atoms with Gasteiger partial charge in [-0.1, -0.05) is 0 Å². The maximum Gasteiger partial charge on any atom is 0.468 e. The lowest BCUT2D eigenvalue weighted by Gasteiger charge is -2.51. The Hall–Kier alpha value is -1.82. The second kappa shape index (κ2) is 5.02. The Bertz CT molecular complexity index is 1030. The van der Waals surface area contributed by atoms with Crippen molar-refractivity contribution < 1.29 is 5.02 Å². The van der Waals surface area contributed by atoms with Gasteiger partial charge in [0.1, 0.15) is 5.65 Å². The zero-order valence-electron chi connectivity index (χ0n) is 16.6. The monoisotopic (exact) mass is 374 g/mol. The predicted molar refractivity (Wildman–Crippen MR) is 110 cm³/mol. The summed E-state index contributed by atoms with van der Waals surface area (Å²) in [5, 5.41) is 17.4. The van der Waals surface area contributed by atoms with Gasteiger partial charge in [0.25, 0.3) is 0 Å². The molecule has 5 nitrogen and oxygen atoms in total. The van der Waals surface area contributed by atoms with Crippen molar-refractivity contribution in [3.63, 3.8) is 0 Å². The highest BCUT2D eigenvalue weighted by atomic mass is 16.2. The smallest absolute Gasteiger partial charge is 0.428 e. The number of H-pyrrole nitrogens is 1. The standard InChI is InChI=1S/C22H27BN4O/c1-11(2)27-23(28)17-10-25-21-15(3-4-24-21)19(17)20(26-27)18-13-5-12-6-14-7-16(18)22(14,8-12)9-13/h3-4,10-14,16,18,28H,5-9H2,1-2H3,(H,24,25)/t12?,13?,14?,16?,18-,22?/m1/s1. The highest BCUT2D eigenvalue weighted by Crippen LogP contribution is 2.77. The first-order valence-corrected chi connectivity index (χ1v) is 11.1. The molecule has 0 saturated heterocycles. The van der Waals surface area contributed by atoms with Gasteiger partial charge in [-0.15, -0.1) is 0 Å². The molecular weight excluding hydrogens is 347 g/mol. The van der Waals surface area contributed by atoms with E-state index in [-0.39, 0.29) is 6.04 Å². The SMILES string of the molecule is CC(C)N1N=C([C@@H]2C3CC4CC5CC2C5(C4)C3)c2c(cnc3[nH]ccc23)B1O. The average Bonchev–Trinajstić information content (AvgIpc) is 3.27. The predicted octanol–water partition coefficient (Wildman–Crippen LogP) is 2.75. The van der Waals surface area contributed by atoms with Crippen molar-refractivity contribution in [2.75, 3.05) is 0 Å². The van der Waals surface area contributed by atoms with Gasteiger partial charge in [0, 0.05) is 40.8 Å². The van der Waals surface area contributed by atoms with E-state index in [2.05, 4.69) is 29.9 Å². The molecule has 2 N–H and O–H groups in total. The Kier molecular flexibility index (Phi) is 2.87. The number of aromatic amines is 1. The van der Waals surface area contributed by atoms with E-state index in [0.717, 1.165) is 40.2 Å². The number of pyridine rings is 1. The van der Waals surface area contributed by atoms with Crippen LogP contribution in [0.5, 0.6) is 0 Å². The van der Waals surface area contributed by atoms with Crippen molar-refractivity contribution in [3.05, 3.63) is 24.0 Å². The summed E-state index contributed by atoms with van der Waals surface area (Å²) in [5.41, 5.74) is 4.89. The molecular formula is C22H27BN4O. The molecule has 2 aromatic rings. The van der Waals surface area contributed by atoms with Crippen molar-refractivity contribution in [2.45, 2.75) is 52.0 Å². The molecule has 0 aromatic carbocycles. The van der Waals surface area contributed by atoms with Gasteiger partial charge in [0.2, 0.25) is 0 Å². The Morgan fingerprint density at radius 1 is 1.29 bits per heavy atom. The van der Waals surface area contributed by atoms with Crippen molar-refractivity contribution in [2.24, 2.45) is 40.1 Å². The van der Waals surface area contributed by atoms with E-state index in [0.29, 0.717) is 11.3 Å². The summed E-state index contributed by atoms with van der Waals surface area (Å²) in [4.78, 5) is 9.77. The number of nitrogens with zero attached hydrogens (tertiary/aromatic N) is 3. The van der Waals surface area contributed by atoms with E-state index in [1.165, 1.54) is 43.4 Å². The van der Waals surface area contributed by atoms with Crippen LogP contribution in [0.2, 0.25) is 0 Å². The van der Waals surface area contributed by atoms with Crippen LogP contribution < -0.4 is 5.46 Å². The first-order valence-electron chi connectivity index (χ1n) is 11.1. The largest absolute Gasteiger partial charge is 0.468 e. The zero-order valence-corrected chi connectivity index (χ0v) is 16.6. The van der Waals surface area contributed by atoms with E-state index in [4.69, 9.17) is 5.10 Å². The van der Waals surface area contributed by atoms with Gasteiger partial charge < -0.3 is 14.9 Å². The zero-order chi connectivity index (χ0) is 18.8. The number of fused-ring (bicyclic) bond motifs is 5. The number of hydrogen-bond donors (Lipinski definition) is 2. The summed E-state index contributed by atoms with van der Waals surface area (Å²) >= 11 is 0. The fourth-order valence-electron chi connectivity index (χ4n) is 8.20. The Balaban J connectivity index is 1.44. The van der Waals surface area contributed by atoms with Gasteiger partial charge in [-0.2, -0.15) is 5.10 Å². The molecule has 6 atom stereocenters. The Morgan fingerprint density at radius 2 is 2.18 bits per heavy atom. The van der Waals surface area contributed by atoms with Crippen LogP contribution in [-0.4, -0.2) is 38.7 Å². The molecule has 0 radical (unpaired) electrons. The maximum absolute atomic E-state index is 11.1. The Morgan fingerprint density at radius 3 is 3.04 bits per heavy atom. The van der Waals surface area contributed by atoms with Gasteiger partial charge in [-0.05, 0) is 81.1 Å². The van der Waals surface area contributed by atoms with Gasteiger partial charge in [-0.3, -0.25) is 0 Å². The molecule has 1 aliphatic heterocycles. The van der Waals surface area contributed by atoms with Crippen LogP contribution in [0.3, 0.4) is 0 Å². The molecule has 5 unspecified atom stereocenters. The van der Waals surface area contributed by atoms with Gasteiger partial charge >= 0.3 is 7.05 Å². The molecule has 5 aliphatic rings. The molecule has 4 saturated carbocycles. The summed E-state index contributed by atoms with van der Waals surface area (Å²) in [6.07, 6.45) is 11.0. The number of hydrogen-bond acceptors (Lipinski definition) is 4. The van der Waals surface area contributed by atoms with E-state index in [9.17, 15) is 5.02 Å². The van der Waals surface area contributed by atoms with Crippen molar-refractivity contribution in [1.29, 1.82) is 0 Å². The van der Waals surface area contributed by atoms with Crippen molar-refractivity contribution in [3.8, 4) is 0 Å². The van der Waals surface area contributed by atoms with Crippen LogP contribution in [0.1, 0.15) is 51.5 Å². The highest BCUT2D eigenvalue weighted by molar-refractivity contribution is 6.66. The minimum Gasteiger partial charge on any atom is -0.428 e. The van der Waals surface area contributed by atoms with Crippen LogP contribution >= 0.6 is 0 Å². The van der Waals surface area contributed by atoms with Crippen LogP contribution in [0.4, 0.5) is 0 Å². The number of nitrogens with one attached hydrogen (secondary N) is 1. The molecule has 144 valence electrons. The van der Waals surface area contributed by atoms with Crippen LogP contribution in [0.25, 0.3) is 11.0 Å². The van der Waals surface area contributed by atoms with Gasteiger partial charge in [-0.25, -0.2) is 4.98 Å². The van der Waals surface area contributed by atoms with E-state index < -0.39 is 7.05 Å². The summed E-state index contributed by atoms with van der Waals surface area (Å²) in [5.74, 6) is 4.06. The van der Waals surface area contributed by atoms with Gasteiger partial charge in [0.05, 0.1) is 5.71 Å². The van der Waals surface area contributed by atoms with Crippen LogP contribution in [-0.2, 0) is 0 Å². The maximum atomic E-state index is 11.1. The molecule has 0 amide bonds. The van der Waals surface area contributed by atoms with E-state index in [1.807, 2.05) is 17.3 Å². The third kappa shape index (κ3) is 1.71. The fourth-order valence-corrected chi connectivity index (χ4v) is 8.20. The quantitative estimate of drug-likeness (QED) is 0.795. The van der Waals surface area contributed by atoms with Gasteiger partial charge in [0.15, 0.2) is 0 Å².